The van der Waals surface area contributed by atoms with Crippen molar-refractivity contribution in [2.24, 2.45) is 23.2 Å². The lowest BCUT2D eigenvalue weighted by Crippen LogP contribution is -2.50. The van der Waals surface area contributed by atoms with Crippen molar-refractivity contribution in [3.8, 4) is 0 Å². The van der Waals surface area contributed by atoms with E-state index in [2.05, 4.69) is 10.1 Å². The minimum atomic E-state index is -0.286. The lowest BCUT2D eigenvalue weighted by atomic mass is 9.49. The van der Waals surface area contributed by atoms with Crippen LogP contribution < -0.4 is 5.56 Å². The number of carbonyl (C=O) groups excluding carboxylic acids is 1. The van der Waals surface area contributed by atoms with Crippen LogP contribution in [0, 0.1) is 23.2 Å². The fourth-order valence-electron chi connectivity index (χ4n) is 5.91. The molecule has 4 bridgehead atoms. The summed E-state index contributed by atoms with van der Waals surface area (Å²) in [7, 11) is 1.63. The molecule has 2 aromatic rings. The van der Waals surface area contributed by atoms with Crippen LogP contribution in [0.3, 0.4) is 0 Å². The summed E-state index contributed by atoms with van der Waals surface area (Å²) in [5, 5.41) is 5.09. The molecule has 0 radical (unpaired) electrons. The van der Waals surface area contributed by atoms with Gasteiger partial charge in [0.25, 0.3) is 5.56 Å². The highest BCUT2D eigenvalue weighted by atomic mass is 32.1. The van der Waals surface area contributed by atoms with Gasteiger partial charge in [-0.15, -0.1) is 0 Å². The molecular weight excluding hydrogens is 378 g/mol. The lowest BCUT2D eigenvalue weighted by Gasteiger charge is -2.55. The molecule has 8 heteroatoms. The Morgan fingerprint density at radius 2 is 1.93 bits per heavy atom. The van der Waals surface area contributed by atoms with Gasteiger partial charge >= 0.3 is 5.97 Å². The molecule has 0 aliphatic heterocycles. The predicted octanol–water partition coefficient (Wildman–Crippen LogP) is 2.60. The minimum Gasteiger partial charge on any atom is -0.459 e. The van der Waals surface area contributed by atoms with Gasteiger partial charge < -0.3 is 9.47 Å². The van der Waals surface area contributed by atoms with Gasteiger partial charge in [-0.3, -0.25) is 9.59 Å². The Bertz CT molecular complexity index is 931. The zero-order valence-corrected chi connectivity index (χ0v) is 16.9. The van der Waals surface area contributed by atoms with E-state index in [1.807, 2.05) is 0 Å². The van der Waals surface area contributed by atoms with Gasteiger partial charge in [0.2, 0.25) is 4.96 Å². The molecule has 7 nitrogen and oxygen atoms in total. The van der Waals surface area contributed by atoms with Gasteiger partial charge in [0.15, 0.2) is 0 Å². The Morgan fingerprint density at radius 3 is 2.57 bits per heavy atom. The van der Waals surface area contributed by atoms with E-state index in [1.165, 1.54) is 41.2 Å². The van der Waals surface area contributed by atoms with E-state index in [-0.39, 0.29) is 23.6 Å². The summed E-state index contributed by atoms with van der Waals surface area (Å²) in [6.45, 7) is 0.599. The number of hydrogen-bond donors (Lipinski definition) is 0. The lowest BCUT2D eigenvalue weighted by molar-refractivity contribution is -0.173. The maximum atomic E-state index is 13.0. The van der Waals surface area contributed by atoms with E-state index in [9.17, 15) is 9.59 Å². The van der Waals surface area contributed by atoms with Crippen molar-refractivity contribution in [3.05, 3.63) is 27.1 Å². The van der Waals surface area contributed by atoms with Crippen molar-refractivity contribution in [2.75, 3.05) is 13.7 Å². The SMILES string of the molecule is COCCc1nn2c(=O)cc(COC(=O)C34CC5CC(CC(C5)C3)C4)nc2s1. The average Bonchev–Trinajstić information content (AvgIpc) is 3.07. The summed E-state index contributed by atoms with van der Waals surface area (Å²) < 4.78 is 12.1. The van der Waals surface area contributed by atoms with Gasteiger partial charge in [-0.05, 0) is 56.3 Å². The summed E-state index contributed by atoms with van der Waals surface area (Å²) in [5.41, 5.74) is -0.0399. The van der Waals surface area contributed by atoms with Gasteiger partial charge in [0, 0.05) is 19.6 Å². The van der Waals surface area contributed by atoms with Crippen LogP contribution in [0.2, 0.25) is 0 Å². The average molecular weight is 404 g/mol. The van der Waals surface area contributed by atoms with Crippen molar-refractivity contribution in [1.29, 1.82) is 0 Å². The molecule has 4 saturated carbocycles. The Kier molecular flexibility index (Phi) is 4.50. The maximum absolute atomic E-state index is 13.0. The third-order valence-corrected chi connectivity index (χ3v) is 7.65. The van der Waals surface area contributed by atoms with E-state index in [0.29, 0.717) is 41.4 Å². The van der Waals surface area contributed by atoms with Gasteiger partial charge in [-0.25, -0.2) is 4.98 Å². The van der Waals surface area contributed by atoms with Gasteiger partial charge in [0.1, 0.15) is 11.6 Å². The normalized spacial score (nSPS) is 30.8. The van der Waals surface area contributed by atoms with Gasteiger partial charge in [0.05, 0.1) is 17.7 Å². The van der Waals surface area contributed by atoms with Crippen molar-refractivity contribution in [2.45, 2.75) is 51.6 Å². The molecule has 6 rings (SSSR count). The van der Waals surface area contributed by atoms with E-state index in [4.69, 9.17) is 9.47 Å². The summed E-state index contributed by atoms with van der Waals surface area (Å²) in [4.78, 5) is 30.3. The molecule has 0 aromatic carbocycles. The molecule has 0 saturated heterocycles. The van der Waals surface area contributed by atoms with Gasteiger partial charge in [-0.1, -0.05) is 11.3 Å². The largest absolute Gasteiger partial charge is 0.459 e. The van der Waals surface area contributed by atoms with E-state index in [0.717, 1.165) is 24.3 Å². The molecular formula is C20H25N3O4S. The Hall–Kier alpha value is -1.80. The smallest absolute Gasteiger partial charge is 0.312 e. The maximum Gasteiger partial charge on any atom is 0.312 e. The fraction of sp³-hybridized carbons (Fsp3) is 0.700. The number of nitrogens with zero attached hydrogens (tertiary/aromatic N) is 3. The Balaban J connectivity index is 1.30. The monoisotopic (exact) mass is 403 g/mol. The second-order valence-corrected chi connectivity index (χ2v) is 9.83. The Morgan fingerprint density at radius 1 is 1.25 bits per heavy atom. The first-order valence-electron chi connectivity index (χ1n) is 10.1. The molecule has 4 aliphatic rings. The van der Waals surface area contributed by atoms with Crippen LogP contribution in [0.1, 0.15) is 49.2 Å². The summed E-state index contributed by atoms with van der Waals surface area (Å²) in [5.74, 6) is 2.00. The highest BCUT2D eigenvalue weighted by Gasteiger charge is 2.55. The van der Waals surface area contributed by atoms with Crippen molar-refractivity contribution in [1.82, 2.24) is 14.6 Å². The number of hydrogen-bond acceptors (Lipinski definition) is 7. The quantitative estimate of drug-likeness (QED) is 0.690. The number of rotatable bonds is 6. The second-order valence-electron chi connectivity index (χ2n) is 8.79. The van der Waals surface area contributed by atoms with E-state index < -0.39 is 0 Å². The number of esters is 1. The molecule has 0 spiro atoms. The molecule has 0 N–H and O–H groups in total. The topological polar surface area (TPSA) is 82.8 Å². The number of fused-ring (bicyclic) bond motifs is 1. The minimum absolute atomic E-state index is 0.0532. The van der Waals surface area contributed by atoms with Crippen LogP contribution in [-0.4, -0.2) is 34.3 Å². The number of methoxy groups -OCH3 is 1. The summed E-state index contributed by atoms with van der Waals surface area (Å²) >= 11 is 1.37. The van der Waals surface area contributed by atoms with Crippen LogP contribution >= 0.6 is 11.3 Å². The zero-order chi connectivity index (χ0) is 19.3. The van der Waals surface area contributed by atoms with E-state index >= 15 is 0 Å². The molecule has 0 unspecified atom stereocenters. The third-order valence-electron chi connectivity index (χ3n) is 6.68. The first-order chi connectivity index (χ1) is 13.5. The van der Waals surface area contributed by atoms with Crippen molar-refractivity contribution in [3.63, 3.8) is 0 Å². The molecule has 4 fully saturated rings. The van der Waals surface area contributed by atoms with Crippen LogP contribution in [0.4, 0.5) is 0 Å². The van der Waals surface area contributed by atoms with E-state index in [1.54, 1.807) is 7.11 Å². The summed E-state index contributed by atoms with van der Waals surface area (Å²) in [6, 6.07) is 1.42. The first kappa shape index (κ1) is 18.2. The summed E-state index contributed by atoms with van der Waals surface area (Å²) in [6.07, 6.45) is 7.44. The second kappa shape index (κ2) is 6.91. The number of carbonyl (C=O) groups is 1. The zero-order valence-electron chi connectivity index (χ0n) is 16.1. The van der Waals surface area contributed by atoms with Crippen LogP contribution in [0.25, 0.3) is 4.96 Å². The number of aromatic nitrogens is 3. The molecule has 2 heterocycles. The van der Waals surface area contributed by atoms with Crippen LogP contribution in [0.5, 0.6) is 0 Å². The van der Waals surface area contributed by atoms with Crippen LogP contribution in [0.15, 0.2) is 10.9 Å². The third kappa shape index (κ3) is 3.16. The molecule has 0 amide bonds. The van der Waals surface area contributed by atoms with Crippen molar-refractivity contribution < 1.29 is 14.3 Å². The first-order valence-corrected chi connectivity index (χ1v) is 10.9. The molecule has 28 heavy (non-hydrogen) atoms. The molecule has 4 aliphatic carbocycles. The Labute approximate surface area is 167 Å². The van der Waals surface area contributed by atoms with Crippen LogP contribution in [-0.2, 0) is 27.3 Å². The molecule has 0 atom stereocenters. The number of ether oxygens (including phenoxy) is 2. The van der Waals surface area contributed by atoms with Gasteiger partial charge in [-0.2, -0.15) is 9.61 Å². The predicted molar refractivity (Wildman–Crippen MR) is 103 cm³/mol. The molecule has 2 aromatic heterocycles. The molecule has 150 valence electrons. The standard InChI is InChI=1S/C20H25N3O4S/c1-26-3-2-16-22-23-17(24)7-15(21-19(23)28-16)11-27-18(25)20-8-12-4-13(9-20)6-14(5-12)10-20/h7,12-14H,2-6,8-11H2,1H3. The van der Waals surface area contributed by atoms with Crippen molar-refractivity contribution >= 4 is 22.3 Å². The highest BCUT2D eigenvalue weighted by Crippen LogP contribution is 2.60. The highest BCUT2D eigenvalue weighted by molar-refractivity contribution is 7.16. The fourth-order valence-corrected chi connectivity index (χ4v) is 6.81.